The summed E-state index contributed by atoms with van der Waals surface area (Å²) in [5.74, 6) is 1.97. The predicted octanol–water partition coefficient (Wildman–Crippen LogP) is 5.09. The highest BCUT2D eigenvalue weighted by molar-refractivity contribution is 5.19. The van der Waals surface area contributed by atoms with Gasteiger partial charge < -0.3 is 5.32 Å². The van der Waals surface area contributed by atoms with Crippen LogP contribution < -0.4 is 5.32 Å². The van der Waals surface area contributed by atoms with Crippen LogP contribution in [-0.4, -0.2) is 6.04 Å². The Labute approximate surface area is 124 Å². The minimum atomic E-state index is 0.578. The maximum Gasteiger partial charge on any atom is 0.0322 e. The molecule has 2 saturated carbocycles. The zero-order valence-corrected chi connectivity index (χ0v) is 12.9. The van der Waals surface area contributed by atoms with E-state index in [4.69, 9.17) is 0 Å². The van der Waals surface area contributed by atoms with Gasteiger partial charge in [0.05, 0.1) is 0 Å². The molecule has 1 nitrogen and oxygen atoms in total. The second-order valence-electron chi connectivity index (χ2n) is 6.83. The molecule has 2 aliphatic carbocycles. The smallest absolute Gasteiger partial charge is 0.0322 e. The van der Waals surface area contributed by atoms with Gasteiger partial charge in [-0.15, -0.1) is 0 Å². The van der Waals surface area contributed by atoms with E-state index in [-0.39, 0.29) is 0 Å². The van der Waals surface area contributed by atoms with E-state index in [0.717, 1.165) is 17.9 Å². The Balaban J connectivity index is 1.64. The van der Waals surface area contributed by atoms with E-state index in [1.807, 2.05) is 0 Å². The monoisotopic (exact) mass is 271 g/mol. The normalized spacial score (nSPS) is 20.3. The largest absolute Gasteiger partial charge is 0.307 e. The Morgan fingerprint density at radius 2 is 1.65 bits per heavy atom. The Morgan fingerprint density at radius 3 is 2.20 bits per heavy atom. The second kappa shape index (κ2) is 6.76. The van der Waals surface area contributed by atoms with Crippen LogP contribution in [0.3, 0.4) is 0 Å². The second-order valence-corrected chi connectivity index (χ2v) is 6.83. The summed E-state index contributed by atoms with van der Waals surface area (Å²) in [7, 11) is 0. The fourth-order valence-electron chi connectivity index (χ4n) is 3.43. The van der Waals surface area contributed by atoms with Gasteiger partial charge >= 0.3 is 0 Å². The maximum atomic E-state index is 4.05. The van der Waals surface area contributed by atoms with Crippen LogP contribution in [-0.2, 0) is 0 Å². The molecule has 20 heavy (non-hydrogen) atoms. The summed E-state index contributed by atoms with van der Waals surface area (Å²) in [5, 5.41) is 4.05. The standard InChI is InChI=1S/C19H29N/c1-2-3-5-10-18(15-8-6-4-7-9-15)20-19(16-11-12-16)17-13-14-17/h4,6-9,16-20H,2-3,5,10-14H2,1H3. The van der Waals surface area contributed by atoms with Gasteiger partial charge in [-0.2, -0.15) is 0 Å². The molecule has 1 heteroatoms. The van der Waals surface area contributed by atoms with E-state index in [9.17, 15) is 0 Å². The van der Waals surface area contributed by atoms with Crippen LogP contribution in [0.5, 0.6) is 0 Å². The Kier molecular flexibility index (Phi) is 4.77. The molecule has 0 radical (unpaired) electrons. The van der Waals surface area contributed by atoms with Crippen LogP contribution in [0, 0.1) is 11.8 Å². The molecular formula is C19H29N. The molecule has 0 aromatic heterocycles. The van der Waals surface area contributed by atoms with Crippen molar-refractivity contribution < 1.29 is 0 Å². The topological polar surface area (TPSA) is 12.0 Å². The number of nitrogens with one attached hydrogen (secondary N) is 1. The molecule has 0 amide bonds. The van der Waals surface area contributed by atoms with Gasteiger partial charge in [-0.3, -0.25) is 0 Å². The number of unbranched alkanes of at least 4 members (excludes halogenated alkanes) is 2. The fraction of sp³-hybridized carbons (Fsp3) is 0.684. The van der Waals surface area contributed by atoms with Crippen molar-refractivity contribution in [2.45, 2.75) is 70.4 Å². The van der Waals surface area contributed by atoms with E-state index < -0.39 is 0 Å². The van der Waals surface area contributed by atoms with Gasteiger partial charge in [-0.25, -0.2) is 0 Å². The minimum absolute atomic E-state index is 0.578. The first kappa shape index (κ1) is 14.1. The summed E-state index contributed by atoms with van der Waals surface area (Å²) in [4.78, 5) is 0. The highest BCUT2D eigenvalue weighted by Crippen LogP contribution is 2.45. The molecule has 1 aromatic carbocycles. The number of hydrogen-bond acceptors (Lipinski definition) is 1. The van der Waals surface area contributed by atoms with Crippen molar-refractivity contribution in [2.24, 2.45) is 11.8 Å². The molecule has 0 heterocycles. The zero-order valence-electron chi connectivity index (χ0n) is 12.9. The van der Waals surface area contributed by atoms with E-state index in [0.29, 0.717) is 6.04 Å². The molecular weight excluding hydrogens is 242 g/mol. The molecule has 0 saturated heterocycles. The van der Waals surface area contributed by atoms with E-state index in [2.05, 4.69) is 42.6 Å². The fourth-order valence-corrected chi connectivity index (χ4v) is 3.43. The van der Waals surface area contributed by atoms with E-state index >= 15 is 0 Å². The van der Waals surface area contributed by atoms with Gasteiger partial charge in [0.2, 0.25) is 0 Å². The van der Waals surface area contributed by atoms with Crippen LogP contribution >= 0.6 is 0 Å². The summed E-state index contributed by atoms with van der Waals surface area (Å²) < 4.78 is 0. The summed E-state index contributed by atoms with van der Waals surface area (Å²) in [5.41, 5.74) is 1.50. The van der Waals surface area contributed by atoms with Crippen molar-refractivity contribution in [2.75, 3.05) is 0 Å². The van der Waals surface area contributed by atoms with Gasteiger partial charge in [-0.05, 0) is 49.5 Å². The van der Waals surface area contributed by atoms with Crippen molar-refractivity contribution in [3.8, 4) is 0 Å². The average Bonchev–Trinajstić information content (AvgIpc) is 3.37. The molecule has 3 rings (SSSR count). The third-order valence-electron chi connectivity index (χ3n) is 4.95. The summed E-state index contributed by atoms with van der Waals surface area (Å²) >= 11 is 0. The number of benzene rings is 1. The predicted molar refractivity (Wildman–Crippen MR) is 85.7 cm³/mol. The first-order valence-electron chi connectivity index (χ1n) is 8.69. The van der Waals surface area contributed by atoms with Crippen molar-refractivity contribution in [1.82, 2.24) is 5.32 Å². The number of rotatable bonds is 9. The Hall–Kier alpha value is -0.820. The first-order valence-corrected chi connectivity index (χ1v) is 8.69. The van der Waals surface area contributed by atoms with Crippen molar-refractivity contribution >= 4 is 0 Å². The lowest BCUT2D eigenvalue weighted by Gasteiger charge is -2.26. The molecule has 1 N–H and O–H groups in total. The summed E-state index contributed by atoms with van der Waals surface area (Å²) in [6.07, 6.45) is 11.2. The summed E-state index contributed by atoms with van der Waals surface area (Å²) in [6, 6.07) is 12.5. The van der Waals surface area contributed by atoms with Crippen LogP contribution in [0.25, 0.3) is 0 Å². The lowest BCUT2D eigenvalue weighted by Crippen LogP contribution is -2.36. The molecule has 1 unspecified atom stereocenters. The molecule has 2 aliphatic rings. The van der Waals surface area contributed by atoms with Gasteiger partial charge in [0.15, 0.2) is 0 Å². The third-order valence-corrected chi connectivity index (χ3v) is 4.95. The molecule has 0 aliphatic heterocycles. The van der Waals surface area contributed by atoms with Gasteiger partial charge in [-0.1, -0.05) is 56.5 Å². The van der Waals surface area contributed by atoms with Crippen molar-refractivity contribution in [3.63, 3.8) is 0 Å². The molecule has 110 valence electrons. The average molecular weight is 271 g/mol. The highest BCUT2D eigenvalue weighted by Gasteiger charge is 2.42. The molecule has 2 fully saturated rings. The number of hydrogen-bond donors (Lipinski definition) is 1. The minimum Gasteiger partial charge on any atom is -0.307 e. The molecule has 1 aromatic rings. The van der Waals surface area contributed by atoms with Crippen LogP contribution in [0.15, 0.2) is 30.3 Å². The van der Waals surface area contributed by atoms with Gasteiger partial charge in [0.25, 0.3) is 0 Å². The first-order chi connectivity index (χ1) is 9.88. The molecule has 1 atom stereocenters. The molecule has 0 bridgehead atoms. The zero-order chi connectivity index (χ0) is 13.8. The van der Waals surface area contributed by atoms with Crippen LogP contribution in [0.2, 0.25) is 0 Å². The molecule has 0 spiro atoms. The summed E-state index contributed by atoms with van der Waals surface area (Å²) in [6.45, 7) is 2.29. The van der Waals surface area contributed by atoms with Crippen LogP contribution in [0.1, 0.15) is 69.9 Å². The maximum absolute atomic E-state index is 4.05. The van der Waals surface area contributed by atoms with Gasteiger partial charge in [0, 0.05) is 12.1 Å². The van der Waals surface area contributed by atoms with Crippen molar-refractivity contribution in [3.05, 3.63) is 35.9 Å². The van der Waals surface area contributed by atoms with E-state index in [1.165, 1.54) is 56.9 Å². The van der Waals surface area contributed by atoms with Crippen molar-refractivity contribution in [1.29, 1.82) is 0 Å². The highest BCUT2D eigenvalue weighted by atomic mass is 15.0. The SMILES string of the molecule is CCCCCC(NC(C1CC1)C1CC1)c1ccccc1. The Morgan fingerprint density at radius 1 is 1.00 bits per heavy atom. The third kappa shape index (κ3) is 3.85. The lowest BCUT2D eigenvalue weighted by molar-refractivity contribution is 0.347. The van der Waals surface area contributed by atoms with Gasteiger partial charge in [0.1, 0.15) is 0 Å². The van der Waals surface area contributed by atoms with E-state index in [1.54, 1.807) is 0 Å². The van der Waals surface area contributed by atoms with Crippen LogP contribution in [0.4, 0.5) is 0 Å². The lowest BCUT2D eigenvalue weighted by atomic mass is 9.97. The Bertz CT molecular complexity index is 379. The quantitative estimate of drug-likeness (QED) is 0.617.